The summed E-state index contributed by atoms with van der Waals surface area (Å²) in [6.07, 6.45) is 6.62. The molecule has 1 aliphatic heterocycles. The highest BCUT2D eigenvalue weighted by Gasteiger charge is 2.18. The fourth-order valence-corrected chi connectivity index (χ4v) is 2.49. The zero-order chi connectivity index (χ0) is 12.8. The molecule has 5 nitrogen and oxygen atoms in total. The Morgan fingerprint density at radius 3 is 3.11 bits per heavy atom. The van der Waals surface area contributed by atoms with Gasteiger partial charge in [-0.05, 0) is 19.4 Å². The van der Waals surface area contributed by atoms with Crippen LogP contribution in [-0.4, -0.2) is 54.1 Å². The Morgan fingerprint density at radius 1 is 1.61 bits per heavy atom. The van der Waals surface area contributed by atoms with Gasteiger partial charge in [-0.2, -0.15) is 5.10 Å². The minimum atomic E-state index is 0.638. The molecule has 2 rings (SSSR count). The molecule has 0 aliphatic carbocycles. The molecule has 1 aliphatic rings. The maximum atomic E-state index is 5.20. The van der Waals surface area contributed by atoms with Gasteiger partial charge in [0.25, 0.3) is 0 Å². The van der Waals surface area contributed by atoms with Gasteiger partial charge in [-0.25, -0.2) is 0 Å². The van der Waals surface area contributed by atoms with Crippen molar-refractivity contribution in [3.63, 3.8) is 0 Å². The first kappa shape index (κ1) is 13.5. The number of hydrogen-bond donors (Lipinski definition) is 1. The van der Waals surface area contributed by atoms with Crippen molar-refractivity contribution in [3.05, 3.63) is 18.0 Å². The summed E-state index contributed by atoms with van der Waals surface area (Å²) in [4.78, 5) is 2.45. The highest BCUT2D eigenvalue weighted by molar-refractivity contribution is 5.03. The van der Waals surface area contributed by atoms with Gasteiger partial charge in [0.15, 0.2) is 0 Å². The van der Waals surface area contributed by atoms with E-state index in [9.17, 15) is 0 Å². The Hall–Kier alpha value is -0.910. The highest BCUT2D eigenvalue weighted by atomic mass is 16.5. The lowest BCUT2D eigenvalue weighted by Crippen LogP contribution is -2.38. The molecule has 0 radical (unpaired) electrons. The van der Waals surface area contributed by atoms with Crippen LogP contribution in [0.25, 0.3) is 0 Å². The number of aromatic nitrogens is 2. The Morgan fingerprint density at radius 2 is 2.50 bits per heavy atom. The van der Waals surface area contributed by atoms with Crippen LogP contribution in [0.4, 0.5) is 0 Å². The van der Waals surface area contributed by atoms with Crippen LogP contribution in [0.1, 0.15) is 18.4 Å². The molecular formula is C13H24N4O. The normalized spacial score (nSPS) is 19.8. The average Bonchev–Trinajstić information content (AvgIpc) is 2.98. The number of nitrogens with one attached hydrogen (secondary N) is 1. The van der Waals surface area contributed by atoms with Crippen LogP contribution in [0, 0.1) is 0 Å². The molecule has 1 atom stereocenters. The van der Waals surface area contributed by atoms with Crippen LogP contribution in [0.5, 0.6) is 0 Å². The molecule has 18 heavy (non-hydrogen) atoms. The SMILES string of the molecule is COCCN(Cc1cnn(C)c1)CC1CCCN1. The van der Waals surface area contributed by atoms with Crippen molar-refractivity contribution >= 4 is 0 Å². The number of hydrogen-bond acceptors (Lipinski definition) is 4. The second-order valence-corrected chi connectivity index (χ2v) is 5.04. The van der Waals surface area contributed by atoms with E-state index in [2.05, 4.69) is 21.5 Å². The van der Waals surface area contributed by atoms with Gasteiger partial charge in [-0.15, -0.1) is 0 Å². The first-order chi connectivity index (χ1) is 8.78. The molecule has 0 spiro atoms. The van der Waals surface area contributed by atoms with Gasteiger partial charge in [0.1, 0.15) is 0 Å². The molecule has 0 saturated carbocycles. The summed E-state index contributed by atoms with van der Waals surface area (Å²) < 4.78 is 7.06. The zero-order valence-electron chi connectivity index (χ0n) is 11.4. The average molecular weight is 252 g/mol. The summed E-state index contributed by atoms with van der Waals surface area (Å²) in [5.41, 5.74) is 1.27. The molecule has 2 heterocycles. The zero-order valence-corrected chi connectivity index (χ0v) is 11.4. The smallest absolute Gasteiger partial charge is 0.0589 e. The van der Waals surface area contributed by atoms with E-state index in [0.29, 0.717) is 6.04 Å². The summed E-state index contributed by atoms with van der Waals surface area (Å²) in [7, 11) is 3.72. The predicted molar refractivity (Wildman–Crippen MR) is 71.4 cm³/mol. The summed E-state index contributed by atoms with van der Waals surface area (Å²) in [5.74, 6) is 0. The Balaban J connectivity index is 1.86. The molecular weight excluding hydrogens is 228 g/mol. The fourth-order valence-electron chi connectivity index (χ4n) is 2.49. The summed E-state index contributed by atoms with van der Waals surface area (Å²) in [6, 6.07) is 0.638. The van der Waals surface area contributed by atoms with Crippen LogP contribution in [-0.2, 0) is 18.3 Å². The molecule has 5 heteroatoms. The molecule has 1 saturated heterocycles. The van der Waals surface area contributed by atoms with Crippen LogP contribution < -0.4 is 5.32 Å². The number of aryl methyl sites for hydroxylation is 1. The van der Waals surface area contributed by atoms with Crippen LogP contribution >= 0.6 is 0 Å². The standard InChI is InChI=1S/C13H24N4O/c1-16-9-12(8-15-16)10-17(6-7-18-2)11-13-4-3-5-14-13/h8-9,13-14H,3-7,10-11H2,1-2H3. The number of ether oxygens (including phenoxy) is 1. The number of nitrogens with zero attached hydrogens (tertiary/aromatic N) is 3. The van der Waals surface area contributed by atoms with E-state index in [1.807, 2.05) is 17.9 Å². The van der Waals surface area contributed by atoms with Crippen molar-refractivity contribution in [3.8, 4) is 0 Å². The largest absolute Gasteiger partial charge is 0.383 e. The van der Waals surface area contributed by atoms with Crippen molar-refractivity contribution in [1.29, 1.82) is 0 Å². The third-order valence-electron chi connectivity index (χ3n) is 3.42. The minimum absolute atomic E-state index is 0.638. The molecule has 0 amide bonds. The van der Waals surface area contributed by atoms with Crippen molar-refractivity contribution in [2.45, 2.75) is 25.4 Å². The maximum Gasteiger partial charge on any atom is 0.0589 e. The molecule has 102 valence electrons. The second kappa shape index (κ2) is 6.87. The van der Waals surface area contributed by atoms with E-state index in [4.69, 9.17) is 4.74 Å². The van der Waals surface area contributed by atoms with Gasteiger partial charge in [-0.3, -0.25) is 9.58 Å². The molecule has 1 aromatic rings. The van der Waals surface area contributed by atoms with Crippen LogP contribution in [0.15, 0.2) is 12.4 Å². The third kappa shape index (κ3) is 4.08. The molecule has 0 bridgehead atoms. The van der Waals surface area contributed by atoms with Crippen LogP contribution in [0.2, 0.25) is 0 Å². The van der Waals surface area contributed by atoms with Gasteiger partial charge in [0, 0.05) is 51.6 Å². The summed E-state index contributed by atoms with van der Waals surface area (Å²) >= 11 is 0. The van der Waals surface area contributed by atoms with E-state index < -0.39 is 0 Å². The topological polar surface area (TPSA) is 42.3 Å². The van der Waals surface area contributed by atoms with Crippen molar-refractivity contribution < 1.29 is 4.74 Å². The lowest BCUT2D eigenvalue weighted by molar-refractivity contribution is 0.138. The van der Waals surface area contributed by atoms with Crippen molar-refractivity contribution in [2.24, 2.45) is 7.05 Å². The molecule has 1 aromatic heterocycles. The van der Waals surface area contributed by atoms with E-state index in [-0.39, 0.29) is 0 Å². The van der Waals surface area contributed by atoms with Crippen molar-refractivity contribution in [2.75, 3.05) is 33.4 Å². The summed E-state index contributed by atoms with van der Waals surface area (Å²) in [5, 5.41) is 7.78. The summed E-state index contributed by atoms with van der Waals surface area (Å²) in [6.45, 7) is 4.97. The quantitative estimate of drug-likeness (QED) is 0.772. The minimum Gasteiger partial charge on any atom is -0.383 e. The molecule has 1 unspecified atom stereocenters. The predicted octanol–water partition coefficient (Wildman–Crippen LogP) is 0.620. The molecule has 0 aromatic carbocycles. The second-order valence-electron chi connectivity index (χ2n) is 5.04. The van der Waals surface area contributed by atoms with Gasteiger partial charge in [0.2, 0.25) is 0 Å². The highest BCUT2D eigenvalue weighted by Crippen LogP contribution is 2.10. The Labute approximate surface area is 109 Å². The lowest BCUT2D eigenvalue weighted by atomic mass is 10.2. The van der Waals surface area contributed by atoms with Crippen molar-refractivity contribution in [1.82, 2.24) is 20.0 Å². The third-order valence-corrected chi connectivity index (χ3v) is 3.42. The molecule has 1 fully saturated rings. The van der Waals surface area contributed by atoms with Crippen LogP contribution in [0.3, 0.4) is 0 Å². The Kier molecular flexibility index (Phi) is 5.16. The fraction of sp³-hybridized carbons (Fsp3) is 0.769. The van der Waals surface area contributed by atoms with E-state index in [1.165, 1.54) is 18.4 Å². The van der Waals surface area contributed by atoms with Gasteiger partial charge >= 0.3 is 0 Å². The van der Waals surface area contributed by atoms with Gasteiger partial charge < -0.3 is 10.1 Å². The monoisotopic (exact) mass is 252 g/mol. The van der Waals surface area contributed by atoms with E-state index >= 15 is 0 Å². The first-order valence-electron chi connectivity index (χ1n) is 6.70. The van der Waals surface area contributed by atoms with Gasteiger partial charge in [0.05, 0.1) is 12.8 Å². The molecule has 1 N–H and O–H groups in total. The maximum absolute atomic E-state index is 5.20. The van der Waals surface area contributed by atoms with Gasteiger partial charge in [-0.1, -0.05) is 0 Å². The number of methoxy groups -OCH3 is 1. The van der Waals surface area contributed by atoms with E-state index in [0.717, 1.165) is 32.8 Å². The first-order valence-corrected chi connectivity index (χ1v) is 6.70. The Bertz CT molecular complexity index is 347. The number of rotatable bonds is 7. The lowest BCUT2D eigenvalue weighted by Gasteiger charge is -2.24. The van der Waals surface area contributed by atoms with E-state index in [1.54, 1.807) is 7.11 Å².